The molecular formula is C15H20FN3. The molecule has 0 bridgehead atoms. The molecule has 0 saturated heterocycles. The van der Waals surface area contributed by atoms with E-state index < -0.39 is 0 Å². The SMILES string of the molecule is Cc1cc(F)cc(-n2nc(C(C)(C)C)cc2CN)c1. The molecule has 1 heterocycles. The summed E-state index contributed by atoms with van der Waals surface area (Å²) in [7, 11) is 0. The van der Waals surface area contributed by atoms with Gasteiger partial charge < -0.3 is 5.73 Å². The summed E-state index contributed by atoms with van der Waals surface area (Å²) in [6, 6.07) is 6.87. The summed E-state index contributed by atoms with van der Waals surface area (Å²) in [6.07, 6.45) is 0. The summed E-state index contributed by atoms with van der Waals surface area (Å²) in [4.78, 5) is 0. The maximum Gasteiger partial charge on any atom is 0.125 e. The molecule has 1 aromatic heterocycles. The van der Waals surface area contributed by atoms with Crippen LogP contribution in [-0.4, -0.2) is 9.78 Å². The molecule has 2 N–H and O–H groups in total. The van der Waals surface area contributed by atoms with Crippen molar-refractivity contribution in [3.05, 3.63) is 47.0 Å². The third-order valence-corrected chi connectivity index (χ3v) is 3.03. The lowest BCUT2D eigenvalue weighted by Gasteiger charge is -2.14. The van der Waals surface area contributed by atoms with E-state index in [1.54, 1.807) is 4.68 Å². The van der Waals surface area contributed by atoms with E-state index in [0.29, 0.717) is 12.2 Å². The van der Waals surface area contributed by atoms with Crippen LogP contribution in [-0.2, 0) is 12.0 Å². The van der Waals surface area contributed by atoms with Crippen LogP contribution in [0.1, 0.15) is 37.7 Å². The van der Waals surface area contributed by atoms with Crippen LogP contribution in [0.15, 0.2) is 24.3 Å². The van der Waals surface area contributed by atoms with Crippen molar-refractivity contribution >= 4 is 0 Å². The van der Waals surface area contributed by atoms with Crippen molar-refractivity contribution in [1.29, 1.82) is 0 Å². The van der Waals surface area contributed by atoms with Gasteiger partial charge in [-0.05, 0) is 36.8 Å². The van der Waals surface area contributed by atoms with Crippen molar-refractivity contribution in [2.75, 3.05) is 0 Å². The number of rotatable bonds is 2. The molecule has 102 valence electrons. The molecule has 4 heteroatoms. The minimum Gasteiger partial charge on any atom is -0.325 e. The first kappa shape index (κ1) is 13.7. The second kappa shape index (κ2) is 4.78. The third-order valence-electron chi connectivity index (χ3n) is 3.03. The number of benzene rings is 1. The van der Waals surface area contributed by atoms with Gasteiger partial charge in [-0.2, -0.15) is 5.10 Å². The van der Waals surface area contributed by atoms with Gasteiger partial charge in [-0.1, -0.05) is 20.8 Å². The highest BCUT2D eigenvalue weighted by molar-refractivity contribution is 5.38. The molecule has 0 unspecified atom stereocenters. The Labute approximate surface area is 113 Å². The zero-order valence-corrected chi connectivity index (χ0v) is 11.9. The van der Waals surface area contributed by atoms with Gasteiger partial charge in [0.25, 0.3) is 0 Å². The highest BCUT2D eigenvalue weighted by Gasteiger charge is 2.20. The Morgan fingerprint density at radius 3 is 2.42 bits per heavy atom. The maximum absolute atomic E-state index is 13.5. The zero-order valence-electron chi connectivity index (χ0n) is 11.9. The van der Waals surface area contributed by atoms with Crippen LogP contribution in [0.3, 0.4) is 0 Å². The Bertz CT molecular complexity index is 574. The molecule has 2 aromatic rings. The average Bonchev–Trinajstić information content (AvgIpc) is 2.71. The molecule has 0 spiro atoms. The van der Waals surface area contributed by atoms with E-state index in [4.69, 9.17) is 5.73 Å². The van der Waals surface area contributed by atoms with Crippen molar-refractivity contribution in [2.24, 2.45) is 5.73 Å². The third kappa shape index (κ3) is 2.84. The molecule has 0 aliphatic rings. The molecule has 2 rings (SSSR count). The Morgan fingerprint density at radius 1 is 1.21 bits per heavy atom. The van der Waals surface area contributed by atoms with Gasteiger partial charge in [0.15, 0.2) is 0 Å². The predicted molar refractivity (Wildman–Crippen MR) is 74.9 cm³/mol. The fraction of sp³-hybridized carbons (Fsp3) is 0.400. The Hall–Kier alpha value is -1.68. The lowest BCUT2D eigenvalue weighted by atomic mass is 9.92. The Kier molecular flexibility index (Phi) is 3.45. The molecule has 0 atom stereocenters. The first-order chi connectivity index (χ1) is 8.81. The van der Waals surface area contributed by atoms with Crippen LogP contribution in [0.4, 0.5) is 4.39 Å². The van der Waals surface area contributed by atoms with Gasteiger partial charge in [0.1, 0.15) is 5.82 Å². The number of hydrogen-bond donors (Lipinski definition) is 1. The maximum atomic E-state index is 13.5. The largest absolute Gasteiger partial charge is 0.325 e. The number of nitrogens with two attached hydrogens (primary N) is 1. The standard InChI is InChI=1S/C15H20FN3/c1-10-5-11(16)7-12(6-10)19-13(9-17)8-14(18-19)15(2,3)4/h5-8H,9,17H2,1-4H3. The van der Waals surface area contributed by atoms with Gasteiger partial charge in [-0.3, -0.25) is 0 Å². The van der Waals surface area contributed by atoms with Gasteiger partial charge >= 0.3 is 0 Å². The first-order valence-corrected chi connectivity index (χ1v) is 6.38. The van der Waals surface area contributed by atoms with Crippen molar-refractivity contribution in [3.8, 4) is 5.69 Å². The van der Waals surface area contributed by atoms with Crippen molar-refractivity contribution in [3.63, 3.8) is 0 Å². The molecule has 3 nitrogen and oxygen atoms in total. The number of aromatic nitrogens is 2. The fourth-order valence-corrected chi connectivity index (χ4v) is 1.99. The number of aryl methyl sites for hydroxylation is 1. The highest BCUT2D eigenvalue weighted by atomic mass is 19.1. The Balaban J connectivity index is 2.58. The number of nitrogens with zero attached hydrogens (tertiary/aromatic N) is 2. The number of halogens is 1. The molecule has 0 aliphatic carbocycles. The molecule has 0 aliphatic heterocycles. The smallest absolute Gasteiger partial charge is 0.125 e. The molecule has 1 aromatic carbocycles. The van der Waals surface area contributed by atoms with Crippen LogP contribution in [0.2, 0.25) is 0 Å². The summed E-state index contributed by atoms with van der Waals surface area (Å²) in [5, 5.41) is 4.57. The molecule has 19 heavy (non-hydrogen) atoms. The molecule has 0 radical (unpaired) electrons. The summed E-state index contributed by atoms with van der Waals surface area (Å²) in [5.74, 6) is -0.259. The van der Waals surface area contributed by atoms with Crippen molar-refractivity contribution in [2.45, 2.75) is 39.7 Å². The van der Waals surface area contributed by atoms with Crippen LogP contribution in [0.25, 0.3) is 5.69 Å². The van der Waals surface area contributed by atoms with E-state index in [2.05, 4.69) is 25.9 Å². The average molecular weight is 261 g/mol. The summed E-state index contributed by atoms with van der Waals surface area (Å²) in [6.45, 7) is 8.52. The summed E-state index contributed by atoms with van der Waals surface area (Å²) >= 11 is 0. The molecule has 0 amide bonds. The van der Waals surface area contributed by atoms with Crippen LogP contribution >= 0.6 is 0 Å². The van der Waals surface area contributed by atoms with E-state index in [-0.39, 0.29) is 11.2 Å². The topological polar surface area (TPSA) is 43.8 Å². The van der Waals surface area contributed by atoms with E-state index in [1.807, 2.05) is 19.1 Å². The van der Waals surface area contributed by atoms with Crippen LogP contribution in [0.5, 0.6) is 0 Å². The quantitative estimate of drug-likeness (QED) is 0.902. The van der Waals surface area contributed by atoms with E-state index in [0.717, 1.165) is 17.0 Å². The van der Waals surface area contributed by atoms with Gasteiger partial charge in [0.2, 0.25) is 0 Å². The van der Waals surface area contributed by atoms with Crippen LogP contribution < -0.4 is 5.73 Å². The van der Waals surface area contributed by atoms with E-state index in [9.17, 15) is 4.39 Å². The minimum atomic E-state index is -0.259. The van der Waals surface area contributed by atoms with E-state index in [1.165, 1.54) is 12.1 Å². The minimum absolute atomic E-state index is 0.0580. The number of hydrogen-bond acceptors (Lipinski definition) is 2. The first-order valence-electron chi connectivity index (χ1n) is 6.38. The lowest BCUT2D eigenvalue weighted by molar-refractivity contribution is 0.559. The summed E-state index contributed by atoms with van der Waals surface area (Å²) < 4.78 is 15.3. The molecule has 0 fully saturated rings. The highest BCUT2D eigenvalue weighted by Crippen LogP contribution is 2.24. The monoisotopic (exact) mass is 261 g/mol. The fourth-order valence-electron chi connectivity index (χ4n) is 1.99. The van der Waals surface area contributed by atoms with Crippen LogP contribution in [0, 0.1) is 12.7 Å². The van der Waals surface area contributed by atoms with Gasteiger partial charge in [-0.25, -0.2) is 9.07 Å². The predicted octanol–water partition coefficient (Wildman–Crippen LogP) is 3.08. The van der Waals surface area contributed by atoms with Gasteiger partial charge in [0, 0.05) is 12.0 Å². The van der Waals surface area contributed by atoms with Crippen molar-refractivity contribution in [1.82, 2.24) is 9.78 Å². The summed E-state index contributed by atoms with van der Waals surface area (Å²) in [5.41, 5.74) is 9.13. The van der Waals surface area contributed by atoms with Gasteiger partial charge in [0.05, 0.1) is 17.1 Å². The Morgan fingerprint density at radius 2 is 1.89 bits per heavy atom. The second-order valence-corrected chi connectivity index (χ2v) is 5.87. The van der Waals surface area contributed by atoms with Crippen molar-refractivity contribution < 1.29 is 4.39 Å². The van der Waals surface area contributed by atoms with Gasteiger partial charge in [-0.15, -0.1) is 0 Å². The second-order valence-electron chi connectivity index (χ2n) is 5.87. The van der Waals surface area contributed by atoms with E-state index >= 15 is 0 Å². The normalized spacial score (nSPS) is 11.9. The molecular weight excluding hydrogens is 241 g/mol. The molecule has 0 saturated carbocycles. The lowest BCUT2D eigenvalue weighted by Crippen LogP contribution is -2.12. The zero-order chi connectivity index (χ0) is 14.2.